The third-order valence-corrected chi connectivity index (χ3v) is 5.23. The van der Waals surface area contributed by atoms with Crippen molar-refractivity contribution in [1.29, 1.82) is 0 Å². The molecule has 0 N–H and O–H groups in total. The van der Waals surface area contributed by atoms with Gasteiger partial charge in [0, 0.05) is 19.2 Å². The Morgan fingerprint density at radius 2 is 1.79 bits per heavy atom. The van der Waals surface area contributed by atoms with Crippen LogP contribution in [-0.2, 0) is 9.53 Å². The number of amides is 1. The lowest BCUT2D eigenvalue weighted by Gasteiger charge is -2.32. The third kappa shape index (κ3) is 7.04. The topological polar surface area (TPSA) is 51.2 Å². The zero-order valence-corrected chi connectivity index (χ0v) is 18.7. The van der Waals surface area contributed by atoms with Gasteiger partial charge in [-0.25, -0.2) is 4.39 Å². The van der Waals surface area contributed by atoms with E-state index in [-0.39, 0.29) is 42.3 Å². The lowest BCUT2D eigenvalue weighted by molar-refractivity contribution is -0.142. The van der Waals surface area contributed by atoms with Crippen molar-refractivity contribution in [1.82, 2.24) is 9.80 Å². The van der Waals surface area contributed by atoms with E-state index in [1.807, 2.05) is 4.90 Å². The fourth-order valence-electron chi connectivity index (χ4n) is 3.49. The van der Waals surface area contributed by atoms with E-state index in [1.165, 1.54) is 44.5 Å². The Kier molecular flexibility index (Phi) is 9.73. The summed E-state index contributed by atoms with van der Waals surface area (Å²) in [4.78, 5) is 15.9. The number of piperidine rings is 1. The second kappa shape index (κ2) is 11.8. The number of ether oxygens (including phenoxy) is 3. The van der Waals surface area contributed by atoms with Crippen molar-refractivity contribution in [2.24, 2.45) is 5.92 Å². The number of likely N-dealkylation sites (tertiary alicyclic amines) is 1. The third-order valence-electron chi connectivity index (χ3n) is 5.23. The van der Waals surface area contributed by atoms with Gasteiger partial charge in [-0.05, 0) is 57.5 Å². The average molecular weight is 508 g/mol. The van der Waals surface area contributed by atoms with Crippen LogP contribution in [0.2, 0.25) is 0 Å². The minimum atomic E-state index is -0.297. The molecular formula is C20H30FIN2O4. The number of rotatable bonds is 3. The smallest absolute Gasteiger partial charge is 0.248 e. The molecule has 2 fully saturated rings. The minimum absolute atomic E-state index is 0. The molecule has 0 radical (unpaired) electrons. The van der Waals surface area contributed by atoms with E-state index in [0.717, 1.165) is 19.0 Å². The molecule has 0 bridgehead atoms. The first kappa shape index (κ1) is 23.2. The molecule has 4 rings (SSSR count). The van der Waals surface area contributed by atoms with Gasteiger partial charge in [0.1, 0.15) is 25.6 Å². The standard InChI is InChI=1S/C12H22N2O2.C8H7FO2.HI/c1-13-5-2-11(3-6-13)4-7-14-8-9-16-10-12(14)15;9-6-1-2-7-8(5-6)11-4-3-10-7;/h11H,2-10H2,1H3;1-2,5H,3-4H2;1H. The molecule has 28 heavy (non-hydrogen) atoms. The fraction of sp³-hybridized carbons (Fsp3) is 0.650. The van der Waals surface area contributed by atoms with Crippen LogP contribution >= 0.6 is 24.0 Å². The second-order valence-electron chi connectivity index (χ2n) is 7.26. The molecule has 3 heterocycles. The predicted octanol–water partition coefficient (Wildman–Crippen LogP) is 2.79. The molecule has 8 heteroatoms. The highest BCUT2D eigenvalue weighted by molar-refractivity contribution is 14.0. The van der Waals surface area contributed by atoms with Crippen LogP contribution < -0.4 is 9.47 Å². The van der Waals surface area contributed by atoms with E-state index < -0.39 is 0 Å². The van der Waals surface area contributed by atoms with Crippen LogP contribution in [0.15, 0.2) is 18.2 Å². The maximum Gasteiger partial charge on any atom is 0.248 e. The summed E-state index contributed by atoms with van der Waals surface area (Å²) in [5.41, 5.74) is 0. The zero-order valence-electron chi connectivity index (χ0n) is 16.4. The largest absolute Gasteiger partial charge is 0.486 e. The molecule has 0 aliphatic carbocycles. The van der Waals surface area contributed by atoms with Gasteiger partial charge in [0.2, 0.25) is 5.91 Å². The quantitative estimate of drug-likeness (QED) is 0.589. The van der Waals surface area contributed by atoms with E-state index in [4.69, 9.17) is 14.2 Å². The van der Waals surface area contributed by atoms with Gasteiger partial charge < -0.3 is 24.0 Å². The van der Waals surface area contributed by atoms with Crippen LogP contribution in [-0.4, -0.2) is 75.4 Å². The van der Waals surface area contributed by atoms with Crippen molar-refractivity contribution in [3.8, 4) is 11.5 Å². The number of halogens is 2. The Labute approximate surface area is 183 Å². The van der Waals surface area contributed by atoms with E-state index in [9.17, 15) is 9.18 Å². The summed E-state index contributed by atoms with van der Waals surface area (Å²) < 4.78 is 28.0. The SMILES string of the molecule is CN1CCC(CCN2CCOCC2=O)CC1.Fc1ccc2c(c1)OCCO2.I. The number of carbonyl (C=O) groups excluding carboxylic acids is 1. The Balaban J connectivity index is 0.000000205. The van der Waals surface area contributed by atoms with Gasteiger partial charge >= 0.3 is 0 Å². The molecule has 2 saturated heterocycles. The van der Waals surface area contributed by atoms with Crippen molar-refractivity contribution in [2.45, 2.75) is 19.3 Å². The Morgan fingerprint density at radius 1 is 1.07 bits per heavy atom. The lowest BCUT2D eigenvalue weighted by atomic mass is 9.93. The first-order valence-corrected chi connectivity index (χ1v) is 9.71. The molecule has 1 aromatic carbocycles. The molecule has 0 atom stereocenters. The number of morpholine rings is 1. The van der Waals surface area contributed by atoms with Gasteiger partial charge in [0.05, 0.1) is 6.61 Å². The molecule has 0 aromatic heterocycles. The Morgan fingerprint density at radius 3 is 2.50 bits per heavy atom. The second-order valence-corrected chi connectivity index (χ2v) is 7.26. The lowest BCUT2D eigenvalue weighted by Crippen LogP contribution is -2.43. The maximum atomic E-state index is 12.6. The molecular weight excluding hydrogens is 478 g/mol. The van der Waals surface area contributed by atoms with Crippen LogP contribution in [0.3, 0.4) is 0 Å². The number of benzene rings is 1. The van der Waals surface area contributed by atoms with Gasteiger partial charge in [-0.15, -0.1) is 24.0 Å². The highest BCUT2D eigenvalue weighted by Gasteiger charge is 2.21. The van der Waals surface area contributed by atoms with Crippen LogP contribution in [0.25, 0.3) is 0 Å². The van der Waals surface area contributed by atoms with Gasteiger partial charge in [0.15, 0.2) is 11.5 Å². The maximum absolute atomic E-state index is 12.6. The van der Waals surface area contributed by atoms with Gasteiger partial charge in [-0.1, -0.05) is 0 Å². The van der Waals surface area contributed by atoms with Crippen molar-refractivity contribution in [2.75, 3.05) is 59.7 Å². The highest BCUT2D eigenvalue weighted by atomic mass is 127. The molecule has 158 valence electrons. The summed E-state index contributed by atoms with van der Waals surface area (Å²) >= 11 is 0. The van der Waals surface area contributed by atoms with E-state index in [1.54, 1.807) is 6.07 Å². The molecule has 1 aromatic rings. The summed E-state index contributed by atoms with van der Waals surface area (Å²) in [5.74, 6) is 1.80. The average Bonchev–Trinajstić information content (AvgIpc) is 2.69. The summed E-state index contributed by atoms with van der Waals surface area (Å²) in [6.07, 6.45) is 3.74. The fourth-order valence-corrected chi connectivity index (χ4v) is 3.49. The monoisotopic (exact) mass is 508 g/mol. The molecule has 0 saturated carbocycles. The summed E-state index contributed by atoms with van der Waals surface area (Å²) in [6, 6.07) is 4.26. The number of hydrogen-bond donors (Lipinski definition) is 0. The molecule has 6 nitrogen and oxygen atoms in total. The molecule has 1 amide bonds. The van der Waals surface area contributed by atoms with E-state index in [0.29, 0.717) is 31.3 Å². The van der Waals surface area contributed by atoms with Crippen LogP contribution in [0.4, 0.5) is 4.39 Å². The molecule has 3 aliphatic heterocycles. The number of hydrogen-bond acceptors (Lipinski definition) is 5. The van der Waals surface area contributed by atoms with Crippen molar-refractivity contribution in [3.63, 3.8) is 0 Å². The van der Waals surface area contributed by atoms with Crippen molar-refractivity contribution >= 4 is 29.9 Å². The van der Waals surface area contributed by atoms with Crippen molar-refractivity contribution in [3.05, 3.63) is 24.0 Å². The summed E-state index contributed by atoms with van der Waals surface area (Å²) in [6.45, 7) is 6.16. The normalized spacial score (nSPS) is 20.1. The van der Waals surface area contributed by atoms with Crippen molar-refractivity contribution < 1.29 is 23.4 Å². The highest BCUT2D eigenvalue weighted by Crippen LogP contribution is 2.29. The van der Waals surface area contributed by atoms with Crippen LogP contribution in [0.1, 0.15) is 19.3 Å². The number of fused-ring (bicyclic) bond motifs is 1. The predicted molar refractivity (Wildman–Crippen MR) is 115 cm³/mol. The minimum Gasteiger partial charge on any atom is -0.486 e. The molecule has 0 unspecified atom stereocenters. The van der Waals surface area contributed by atoms with E-state index >= 15 is 0 Å². The van der Waals surface area contributed by atoms with Crippen LogP contribution in [0, 0.1) is 11.7 Å². The molecule has 0 spiro atoms. The number of nitrogens with zero attached hydrogens (tertiary/aromatic N) is 2. The first-order valence-electron chi connectivity index (χ1n) is 9.71. The van der Waals surface area contributed by atoms with E-state index in [2.05, 4.69) is 11.9 Å². The Bertz CT molecular complexity index is 626. The first-order chi connectivity index (χ1) is 13.1. The number of carbonyl (C=O) groups is 1. The molecule has 3 aliphatic rings. The Hall–Kier alpha value is -1.13. The zero-order chi connectivity index (χ0) is 19.1. The van der Waals surface area contributed by atoms with Gasteiger partial charge in [0.25, 0.3) is 0 Å². The van der Waals surface area contributed by atoms with Gasteiger partial charge in [-0.2, -0.15) is 0 Å². The van der Waals surface area contributed by atoms with Gasteiger partial charge in [-0.3, -0.25) is 4.79 Å². The summed E-state index contributed by atoms with van der Waals surface area (Å²) in [5, 5.41) is 0. The van der Waals surface area contributed by atoms with Crippen LogP contribution in [0.5, 0.6) is 11.5 Å². The summed E-state index contributed by atoms with van der Waals surface area (Å²) in [7, 11) is 2.18.